The molecule has 0 bridgehead atoms. The lowest BCUT2D eigenvalue weighted by molar-refractivity contribution is 0.203. The molecular weight excluding hydrogens is 331 g/mol. The molecule has 1 aromatic heterocycles. The zero-order chi connectivity index (χ0) is 17.4. The Morgan fingerprint density at radius 3 is 2.83 bits per heavy atom. The third-order valence-electron chi connectivity index (χ3n) is 4.52. The van der Waals surface area contributed by atoms with Crippen LogP contribution in [0.2, 0.25) is 0 Å². The van der Waals surface area contributed by atoms with Gasteiger partial charge in [0.05, 0.1) is 17.9 Å². The molecule has 7 heteroatoms. The Bertz CT molecular complexity index is 834. The molecule has 1 aliphatic rings. The second kappa shape index (κ2) is 6.29. The summed E-state index contributed by atoms with van der Waals surface area (Å²) in [4.78, 5) is 4.34. The number of hydrogen-bond acceptors (Lipinski definition) is 4. The van der Waals surface area contributed by atoms with E-state index in [9.17, 15) is 12.8 Å². The van der Waals surface area contributed by atoms with E-state index >= 15 is 0 Å². The van der Waals surface area contributed by atoms with Crippen molar-refractivity contribution in [3.8, 4) is 0 Å². The molecule has 1 fully saturated rings. The average Bonchev–Trinajstić information content (AvgIpc) is 2.98. The summed E-state index contributed by atoms with van der Waals surface area (Å²) in [6.07, 6.45) is 4.71. The molecule has 2 heterocycles. The van der Waals surface area contributed by atoms with Crippen molar-refractivity contribution >= 4 is 10.0 Å². The standard InChI is InChI=1S/C17H21FN2O3S/c1-17(8-5-9-20(12-17)24(2,21)22)16-19-11-14(23-16)10-13-6-3-4-7-15(13)18/h3-4,6-7,11H,5,8-10,12H2,1-2H3/t17-/m0/s1. The first kappa shape index (κ1) is 17.1. The summed E-state index contributed by atoms with van der Waals surface area (Å²) in [5, 5.41) is 0. The van der Waals surface area contributed by atoms with E-state index < -0.39 is 15.4 Å². The molecule has 0 saturated carbocycles. The monoisotopic (exact) mass is 352 g/mol. The van der Waals surface area contributed by atoms with Gasteiger partial charge >= 0.3 is 0 Å². The van der Waals surface area contributed by atoms with Gasteiger partial charge in [-0.15, -0.1) is 0 Å². The van der Waals surface area contributed by atoms with E-state index in [0.717, 1.165) is 12.8 Å². The Morgan fingerprint density at radius 1 is 1.38 bits per heavy atom. The van der Waals surface area contributed by atoms with Crippen LogP contribution >= 0.6 is 0 Å². The van der Waals surface area contributed by atoms with Gasteiger partial charge < -0.3 is 4.42 Å². The second-order valence-electron chi connectivity index (χ2n) is 6.66. The van der Waals surface area contributed by atoms with Crippen molar-refractivity contribution in [2.45, 2.75) is 31.6 Å². The van der Waals surface area contributed by atoms with Crippen LogP contribution in [0.25, 0.3) is 0 Å². The summed E-state index contributed by atoms with van der Waals surface area (Å²) in [6, 6.07) is 6.56. The van der Waals surface area contributed by atoms with Crippen LogP contribution in [0.3, 0.4) is 0 Å². The van der Waals surface area contributed by atoms with Gasteiger partial charge in [-0.05, 0) is 31.4 Å². The predicted molar refractivity (Wildman–Crippen MR) is 88.7 cm³/mol. The number of benzene rings is 1. The molecule has 1 aromatic carbocycles. The van der Waals surface area contributed by atoms with Crippen LogP contribution < -0.4 is 0 Å². The molecule has 1 aliphatic heterocycles. The van der Waals surface area contributed by atoms with Crippen LogP contribution in [-0.2, 0) is 21.9 Å². The Kier molecular flexibility index (Phi) is 4.48. The minimum absolute atomic E-state index is 0.275. The SMILES string of the molecule is C[C@]1(c2ncc(Cc3ccccc3F)o2)CCCN(S(C)(=O)=O)C1. The van der Waals surface area contributed by atoms with Crippen LogP contribution in [0.4, 0.5) is 4.39 Å². The number of oxazole rings is 1. The Morgan fingerprint density at radius 2 is 2.12 bits per heavy atom. The van der Waals surface area contributed by atoms with E-state index in [-0.39, 0.29) is 5.82 Å². The fraction of sp³-hybridized carbons (Fsp3) is 0.471. The normalized spacial score (nSPS) is 22.6. The summed E-state index contributed by atoms with van der Waals surface area (Å²) in [5.41, 5.74) is 0.0844. The molecule has 5 nitrogen and oxygen atoms in total. The first-order valence-electron chi connectivity index (χ1n) is 7.92. The first-order valence-corrected chi connectivity index (χ1v) is 9.76. The van der Waals surface area contributed by atoms with E-state index in [0.29, 0.717) is 36.7 Å². The third-order valence-corrected chi connectivity index (χ3v) is 5.77. The molecular formula is C17H21FN2O3S. The number of hydrogen-bond donors (Lipinski definition) is 0. The minimum atomic E-state index is -3.24. The van der Waals surface area contributed by atoms with Gasteiger partial charge in [0.25, 0.3) is 0 Å². The van der Waals surface area contributed by atoms with Crippen LogP contribution in [0.5, 0.6) is 0 Å². The minimum Gasteiger partial charge on any atom is -0.445 e. The van der Waals surface area contributed by atoms with E-state index in [1.807, 2.05) is 6.92 Å². The van der Waals surface area contributed by atoms with E-state index in [2.05, 4.69) is 4.98 Å². The van der Waals surface area contributed by atoms with E-state index in [1.165, 1.54) is 16.6 Å². The molecule has 24 heavy (non-hydrogen) atoms. The van der Waals surface area contributed by atoms with Crippen molar-refractivity contribution in [3.63, 3.8) is 0 Å². The summed E-state index contributed by atoms with van der Waals surface area (Å²) >= 11 is 0. The van der Waals surface area contributed by atoms with Crippen molar-refractivity contribution in [1.82, 2.24) is 9.29 Å². The number of aromatic nitrogens is 1. The van der Waals surface area contributed by atoms with Crippen molar-refractivity contribution in [2.75, 3.05) is 19.3 Å². The molecule has 1 atom stereocenters. The van der Waals surface area contributed by atoms with Gasteiger partial charge in [0.1, 0.15) is 11.6 Å². The zero-order valence-corrected chi connectivity index (χ0v) is 14.6. The van der Waals surface area contributed by atoms with Crippen LogP contribution in [0, 0.1) is 5.82 Å². The van der Waals surface area contributed by atoms with E-state index in [1.54, 1.807) is 24.4 Å². The maximum Gasteiger partial charge on any atom is 0.211 e. The van der Waals surface area contributed by atoms with Gasteiger partial charge in [0.2, 0.25) is 15.9 Å². The lowest BCUT2D eigenvalue weighted by Gasteiger charge is -2.36. The van der Waals surface area contributed by atoms with Crippen LogP contribution in [0.1, 0.15) is 37.0 Å². The van der Waals surface area contributed by atoms with Crippen molar-refractivity contribution in [3.05, 3.63) is 53.5 Å². The smallest absolute Gasteiger partial charge is 0.211 e. The van der Waals surface area contributed by atoms with Gasteiger partial charge in [-0.1, -0.05) is 18.2 Å². The molecule has 2 aromatic rings. The molecule has 3 rings (SSSR count). The van der Waals surface area contributed by atoms with Gasteiger partial charge in [0.15, 0.2) is 0 Å². The van der Waals surface area contributed by atoms with Gasteiger partial charge in [-0.2, -0.15) is 0 Å². The summed E-state index contributed by atoms with van der Waals surface area (Å²) in [6.45, 7) is 2.84. The molecule has 0 unspecified atom stereocenters. The Hall–Kier alpha value is -1.73. The predicted octanol–water partition coefficient (Wildman–Crippen LogP) is 2.72. The molecule has 0 radical (unpaired) electrons. The van der Waals surface area contributed by atoms with Gasteiger partial charge in [0, 0.05) is 19.5 Å². The van der Waals surface area contributed by atoms with Gasteiger partial charge in [-0.25, -0.2) is 22.1 Å². The highest BCUT2D eigenvalue weighted by atomic mass is 32.2. The van der Waals surface area contributed by atoms with Crippen LogP contribution in [-0.4, -0.2) is 37.1 Å². The van der Waals surface area contributed by atoms with Crippen LogP contribution in [0.15, 0.2) is 34.9 Å². The molecule has 1 saturated heterocycles. The number of piperidine rings is 1. The Balaban J connectivity index is 1.81. The maximum atomic E-state index is 13.8. The second-order valence-corrected chi connectivity index (χ2v) is 8.64. The molecule has 0 amide bonds. The average molecular weight is 352 g/mol. The summed E-state index contributed by atoms with van der Waals surface area (Å²) < 4.78 is 44.7. The fourth-order valence-electron chi connectivity index (χ4n) is 3.15. The summed E-state index contributed by atoms with van der Waals surface area (Å²) in [7, 11) is -3.24. The van der Waals surface area contributed by atoms with E-state index in [4.69, 9.17) is 4.42 Å². The van der Waals surface area contributed by atoms with Crippen molar-refractivity contribution < 1.29 is 17.2 Å². The number of rotatable bonds is 4. The van der Waals surface area contributed by atoms with Crippen molar-refractivity contribution in [1.29, 1.82) is 0 Å². The highest BCUT2D eigenvalue weighted by molar-refractivity contribution is 7.88. The topological polar surface area (TPSA) is 63.4 Å². The number of nitrogens with zero attached hydrogens (tertiary/aromatic N) is 2. The largest absolute Gasteiger partial charge is 0.445 e. The first-order chi connectivity index (χ1) is 11.3. The molecule has 0 aliphatic carbocycles. The highest BCUT2D eigenvalue weighted by Crippen LogP contribution is 2.34. The zero-order valence-electron chi connectivity index (χ0n) is 13.8. The molecule has 0 spiro atoms. The molecule has 0 N–H and O–H groups in total. The lowest BCUT2D eigenvalue weighted by Crippen LogP contribution is -2.46. The maximum absolute atomic E-state index is 13.8. The van der Waals surface area contributed by atoms with Crippen molar-refractivity contribution in [2.24, 2.45) is 0 Å². The number of sulfonamides is 1. The third kappa shape index (κ3) is 3.52. The summed E-state index contributed by atoms with van der Waals surface area (Å²) in [5.74, 6) is 0.817. The van der Waals surface area contributed by atoms with Gasteiger partial charge in [-0.3, -0.25) is 0 Å². The molecule has 130 valence electrons. The number of halogens is 1. The lowest BCUT2D eigenvalue weighted by atomic mass is 9.83. The highest BCUT2D eigenvalue weighted by Gasteiger charge is 2.39. The fourth-order valence-corrected chi connectivity index (χ4v) is 4.13. The Labute approximate surface area is 141 Å². The quantitative estimate of drug-likeness (QED) is 0.849.